The summed E-state index contributed by atoms with van der Waals surface area (Å²) in [5, 5.41) is 3.62. The Hall–Kier alpha value is -1.90. The topological polar surface area (TPSA) is 37.8 Å². The molecule has 0 aliphatic heterocycles. The zero-order chi connectivity index (χ0) is 11.9. The molecule has 2 aromatic rings. The summed E-state index contributed by atoms with van der Waals surface area (Å²) in [6.45, 7) is 0. The van der Waals surface area contributed by atoms with Crippen molar-refractivity contribution < 1.29 is 0 Å². The molecule has 0 spiro atoms. The van der Waals surface area contributed by atoms with E-state index in [0.29, 0.717) is 6.04 Å². The molecule has 2 aliphatic rings. The van der Waals surface area contributed by atoms with Crippen molar-refractivity contribution >= 4 is 16.7 Å². The number of hydrogen-bond donors (Lipinski definition) is 1. The number of nitrogens with one attached hydrogen (secondary N) is 1. The van der Waals surface area contributed by atoms with Gasteiger partial charge in [-0.2, -0.15) is 0 Å². The van der Waals surface area contributed by atoms with Crippen molar-refractivity contribution in [3.8, 4) is 0 Å². The van der Waals surface area contributed by atoms with Gasteiger partial charge in [0.25, 0.3) is 0 Å². The molecular weight excluding hydrogens is 222 g/mol. The predicted octanol–water partition coefficient (Wildman–Crippen LogP) is 3.01. The molecule has 1 saturated carbocycles. The van der Waals surface area contributed by atoms with Crippen molar-refractivity contribution in [2.75, 3.05) is 5.32 Å². The zero-order valence-corrected chi connectivity index (χ0v) is 10.1. The van der Waals surface area contributed by atoms with Crippen molar-refractivity contribution in [2.24, 2.45) is 11.8 Å². The van der Waals surface area contributed by atoms with Crippen molar-refractivity contribution in [1.29, 1.82) is 0 Å². The van der Waals surface area contributed by atoms with Gasteiger partial charge in [-0.1, -0.05) is 12.2 Å². The summed E-state index contributed by atoms with van der Waals surface area (Å²) in [4.78, 5) is 8.63. The molecule has 0 amide bonds. The highest BCUT2D eigenvalue weighted by atomic mass is 15.0. The first-order valence-electron chi connectivity index (χ1n) is 6.54. The van der Waals surface area contributed by atoms with Crippen LogP contribution in [0.5, 0.6) is 0 Å². The van der Waals surface area contributed by atoms with Crippen LogP contribution in [0.25, 0.3) is 11.0 Å². The molecule has 0 saturated heterocycles. The molecule has 1 aromatic heterocycles. The molecule has 1 aromatic carbocycles. The fourth-order valence-electron chi connectivity index (χ4n) is 3.15. The molecule has 0 radical (unpaired) electrons. The minimum absolute atomic E-state index is 0.600. The maximum atomic E-state index is 4.34. The zero-order valence-electron chi connectivity index (χ0n) is 10.1. The summed E-state index contributed by atoms with van der Waals surface area (Å²) in [5.74, 6) is 1.63. The highest BCUT2D eigenvalue weighted by Gasteiger charge is 2.40. The molecule has 3 unspecified atom stereocenters. The van der Waals surface area contributed by atoms with Crippen LogP contribution in [0.2, 0.25) is 0 Å². The van der Waals surface area contributed by atoms with Crippen molar-refractivity contribution in [2.45, 2.75) is 18.9 Å². The Labute approximate surface area is 106 Å². The van der Waals surface area contributed by atoms with Crippen LogP contribution >= 0.6 is 0 Å². The van der Waals surface area contributed by atoms with Crippen LogP contribution in [0.15, 0.2) is 42.7 Å². The highest BCUT2D eigenvalue weighted by molar-refractivity contribution is 5.78. The maximum Gasteiger partial charge on any atom is 0.0907 e. The summed E-state index contributed by atoms with van der Waals surface area (Å²) in [7, 11) is 0. The van der Waals surface area contributed by atoms with E-state index in [0.717, 1.165) is 28.6 Å². The lowest BCUT2D eigenvalue weighted by Gasteiger charge is -2.41. The number of allylic oxidation sites excluding steroid dienone is 1. The largest absolute Gasteiger partial charge is 0.382 e. The van der Waals surface area contributed by atoms with E-state index in [2.05, 4.69) is 39.6 Å². The first-order chi connectivity index (χ1) is 8.90. The van der Waals surface area contributed by atoms with Crippen LogP contribution in [0.4, 0.5) is 5.69 Å². The van der Waals surface area contributed by atoms with E-state index in [1.165, 1.54) is 12.8 Å². The molecular formula is C15H15N3. The third-order valence-corrected chi connectivity index (χ3v) is 4.18. The molecule has 3 heteroatoms. The summed E-state index contributed by atoms with van der Waals surface area (Å²) in [6.07, 6.45) is 10.7. The third kappa shape index (κ3) is 1.50. The van der Waals surface area contributed by atoms with Gasteiger partial charge < -0.3 is 5.32 Å². The average Bonchev–Trinajstić information content (AvgIpc) is 2.77. The molecule has 3 nitrogen and oxygen atoms in total. The van der Waals surface area contributed by atoms with E-state index in [1.54, 1.807) is 12.4 Å². The van der Waals surface area contributed by atoms with E-state index in [9.17, 15) is 0 Å². The number of anilines is 1. The van der Waals surface area contributed by atoms with E-state index < -0.39 is 0 Å². The summed E-state index contributed by atoms with van der Waals surface area (Å²) < 4.78 is 0. The lowest BCUT2D eigenvalue weighted by Crippen LogP contribution is -2.43. The number of fused-ring (bicyclic) bond motifs is 2. The summed E-state index contributed by atoms with van der Waals surface area (Å²) in [5.41, 5.74) is 3.07. The lowest BCUT2D eigenvalue weighted by atomic mass is 9.71. The molecule has 90 valence electrons. The third-order valence-electron chi connectivity index (χ3n) is 4.18. The normalized spacial score (nSPS) is 29.0. The van der Waals surface area contributed by atoms with Crippen molar-refractivity contribution in [1.82, 2.24) is 9.97 Å². The van der Waals surface area contributed by atoms with Crippen LogP contribution < -0.4 is 5.32 Å². The fourth-order valence-corrected chi connectivity index (χ4v) is 3.15. The van der Waals surface area contributed by atoms with Gasteiger partial charge in [-0.25, -0.2) is 0 Å². The molecule has 18 heavy (non-hydrogen) atoms. The maximum absolute atomic E-state index is 4.34. The van der Waals surface area contributed by atoms with Gasteiger partial charge in [-0.05, 0) is 37.0 Å². The smallest absolute Gasteiger partial charge is 0.0907 e. The lowest BCUT2D eigenvalue weighted by molar-refractivity contribution is 0.218. The van der Waals surface area contributed by atoms with Gasteiger partial charge in [0, 0.05) is 30.0 Å². The Morgan fingerprint density at radius 2 is 2.00 bits per heavy atom. The second kappa shape index (κ2) is 3.80. The summed E-state index contributed by atoms with van der Waals surface area (Å²) in [6, 6.07) is 6.82. The monoisotopic (exact) mass is 237 g/mol. The number of aromatic nitrogens is 2. The first kappa shape index (κ1) is 10.1. The van der Waals surface area contributed by atoms with Gasteiger partial charge in [0.05, 0.1) is 11.0 Å². The number of benzene rings is 1. The Balaban J connectivity index is 1.58. The van der Waals surface area contributed by atoms with Crippen LogP contribution in [-0.4, -0.2) is 16.0 Å². The minimum atomic E-state index is 0.600. The minimum Gasteiger partial charge on any atom is -0.382 e. The molecule has 4 rings (SSSR count). The standard InChI is InChI=1S/C15H15N3/c1-2-10-8-14(12(10)3-1)18-11-4-5-13-15(9-11)17-7-6-16-13/h1,3-7,9-10,12,14,18H,2,8H2. The Bertz CT molecular complexity index is 620. The molecule has 1 N–H and O–H groups in total. The van der Waals surface area contributed by atoms with E-state index in [-0.39, 0.29) is 0 Å². The van der Waals surface area contributed by atoms with Gasteiger partial charge >= 0.3 is 0 Å². The van der Waals surface area contributed by atoms with Gasteiger partial charge in [0.2, 0.25) is 0 Å². The first-order valence-corrected chi connectivity index (χ1v) is 6.54. The van der Waals surface area contributed by atoms with Crippen molar-refractivity contribution in [3.05, 3.63) is 42.7 Å². The fraction of sp³-hybridized carbons (Fsp3) is 0.333. The number of hydrogen-bond acceptors (Lipinski definition) is 3. The van der Waals surface area contributed by atoms with Crippen molar-refractivity contribution in [3.63, 3.8) is 0 Å². The predicted molar refractivity (Wildman–Crippen MR) is 72.3 cm³/mol. The highest BCUT2D eigenvalue weighted by Crippen LogP contribution is 2.44. The van der Waals surface area contributed by atoms with Gasteiger partial charge in [-0.15, -0.1) is 0 Å². The van der Waals surface area contributed by atoms with E-state index in [1.807, 2.05) is 6.07 Å². The second-order valence-electron chi connectivity index (χ2n) is 5.25. The number of rotatable bonds is 2. The Kier molecular flexibility index (Phi) is 2.13. The van der Waals surface area contributed by atoms with Crippen LogP contribution in [0, 0.1) is 11.8 Å². The Morgan fingerprint density at radius 3 is 2.89 bits per heavy atom. The second-order valence-corrected chi connectivity index (χ2v) is 5.25. The van der Waals surface area contributed by atoms with Crippen LogP contribution in [0.1, 0.15) is 12.8 Å². The van der Waals surface area contributed by atoms with Crippen LogP contribution in [0.3, 0.4) is 0 Å². The quantitative estimate of drug-likeness (QED) is 0.816. The van der Waals surface area contributed by atoms with E-state index >= 15 is 0 Å². The molecule has 2 aliphatic carbocycles. The molecule has 1 heterocycles. The number of nitrogens with zero attached hydrogens (tertiary/aromatic N) is 2. The summed E-state index contributed by atoms with van der Waals surface area (Å²) >= 11 is 0. The van der Waals surface area contributed by atoms with Gasteiger partial charge in [-0.3, -0.25) is 9.97 Å². The van der Waals surface area contributed by atoms with Gasteiger partial charge in [0.1, 0.15) is 0 Å². The average molecular weight is 237 g/mol. The Morgan fingerprint density at radius 1 is 1.11 bits per heavy atom. The SMILES string of the molecule is C1=CC2C(C1)CC2Nc1ccc2nccnc2c1. The molecule has 3 atom stereocenters. The molecule has 0 bridgehead atoms. The van der Waals surface area contributed by atoms with E-state index in [4.69, 9.17) is 0 Å². The van der Waals surface area contributed by atoms with Gasteiger partial charge in [0.15, 0.2) is 0 Å². The van der Waals surface area contributed by atoms with Crippen LogP contribution in [-0.2, 0) is 0 Å². The molecule has 1 fully saturated rings.